The molecule has 0 saturated carbocycles. The van der Waals surface area contributed by atoms with Crippen molar-refractivity contribution in [2.75, 3.05) is 0 Å². The Hall–Kier alpha value is -0.930. The van der Waals surface area contributed by atoms with E-state index in [1.807, 2.05) is 27.7 Å². The maximum atomic E-state index is 13.4. The Morgan fingerprint density at radius 2 is 1.95 bits per heavy atom. The fraction of sp³-hybridized carbons (Fsp3) is 0.625. The Kier molecular flexibility index (Phi) is 3.27. The van der Waals surface area contributed by atoms with Gasteiger partial charge in [0.25, 0.3) is 0 Å². The number of hydrogen-bond acceptors (Lipinski definition) is 2. The molecule has 1 aliphatic heterocycles. The summed E-state index contributed by atoms with van der Waals surface area (Å²) in [5.74, 6) is -0.412. The predicted molar refractivity (Wildman–Crippen MR) is 73.3 cm³/mol. The first-order valence-corrected chi connectivity index (χ1v) is 6.73. The highest BCUT2D eigenvalue weighted by molar-refractivity contribution is 5.25. The van der Waals surface area contributed by atoms with Gasteiger partial charge in [0.05, 0.1) is 16.8 Å². The van der Waals surface area contributed by atoms with Crippen molar-refractivity contribution in [3.8, 4) is 0 Å². The van der Waals surface area contributed by atoms with E-state index in [0.29, 0.717) is 5.56 Å². The molecule has 0 spiro atoms. The summed E-state index contributed by atoms with van der Waals surface area (Å²) in [4.78, 5) is 0. The van der Waals surface area contributed by atoms with Crippen LogP contribution < -0.4 is 0 Å². The zero-order chi connectivity index (χ0) is 14.5. The SMILES string of the molecule is CC1(C)CC(C(C)(O)c2cccc(F)c2)C(C)(C)O1. The van der Waals surface area contributed by atoms with Crippen molar-refractivity contribution in [1.29, 1.82) is 0 Å². The second-order valence-corrected chi connectivity index (χ2v) is 6.88. The second kappa shape index (κ2) is 4.29. The lowest BCUT2D eigenvalue weighted by Crippen LogP contribution is -2.42. The van der Waals surface area contributed by atoms with Crippen molar-refractivity contribution < 1.29 is 14.2 Å². The van der Waals surface area contributed by atoms with Crippen LogP contribution in [0.3, 0.4) is 0 Å². The molecule has 1 heterocycles. The molecule has 1 aliphatic rings. The monoisotopic (exact) mass is 266 g/mol. The van der Waals surface area contributed by atoms with Crippen molar-refractivity contribution in [1.82, 2.24) is 0 Å². The van der Waals surface area contributed by atoms with Crippen LogP contribution in [0.4, 0.5) is 4.39 Å². The summed E-state index contributed by atoms with van der Waals surface area (Å²) >= 11 is 0. The maximum Gasteiger partial charge on any atom is 0.123 e. The van der Waals surface area contributed by atoms with E-state index in [1.54, 1.807) is 19.1 Å². The smallest absolute Gasteiger partial charge is 0.123 e. The van der Waals surface area contributed by atoms with Gasteiger partial charge in [-0.15, -0.1) is 0 Å². The van der Waals surface area contributed by atoms with Crippen LogP contribution in [0, 0.1) is 11.7 Å². The molecule has 1 aromatic rings. The molecule has 19 heavy (non-hydrogen) atoms. The van der Waals surface area contributed by atoms with Crippen molar-refractivity contribution in [3.05, 3.63) is 35.6 Å². The average molecular weight is 266 g/mol. The number of benzene rings is 1. The van der Waals surface area contributed by atoms with Gasteiger partial charge in [-0.05, 0) is 58.7 Å². The Bertz CT molecular complexity index is 477. The van der Waals surface area contributed by atoms with Gasteiger partial charge >= 0.3 is 0 Å². The first-order chi connectivity index (χ1) is 8.55. The van der Waals surface area contributed by atoms with Gasteiger partial charge < -0.3 is 9.84 Å². The van der Waals surface area contributed by atoms with Crippen LogP contribution in [0.25, 0.3) is 0 Å². The van der Waals surface area contributed by atoms with Crippen LogP contribution in [-0.4, -0.2) is 16.3 Å². The number of ether oxygens (including phenoxy) is 1. The molecular formula is C16H23FO2. The summed E-state index contributed by atoms with van der Waals surface area (Å²) in [6.45, 7) is 9.77. The molecule has 2 nitrogen and oxygen atoms in total. The van der Waals surface area contributed by atoms with Gasteiger partial charge in [0.2, 0.25) is 0 Å². The third-order valence-corrected chi connectivity index (χ3v) is 4.16. The lowest BCUT2D eigenvalue weighted by Gasteiger charge is -2.38. The van der Waals surface area contributed by atoms with Crippen LogP contribution >= 0.6 is 0 Å². The minimum Gasteiger partial charge on any atom is -0.385 e. The topological polar surface area (TPSA) is 29.5 Å². The summed E-state index contributed by atoms with van der Waals surface area (Å²) in [5.41, 5.74) is -1.23. The third kappa shape index (κ3) is 2.67. The van der Waals surface area contributed by atoms with Gasteiger partial charge in [0.15, 0.2) is 0 Å². The Labute approximate surface area is 114 Å². The van der Waals surface area contributed by atoms with E-state index in [2.05, 4.69) is 0 Å². The zero-order valence-corrected chi connectivity index (χ0v) is 12.3. The molecule has 0 radical (unpaired) electrons. The summed E-state index contributed by atoms with van der Waals surface area (Å²) in [6, 6.07) is 6.19. The molecule has 0 aromatic heterocycles. The van der Waals surface area contributed by atoms with Gasteiger partial charge in [-0.2, -0.15) is 0 Å². The van der Waals surface area contributed by atoms with E-state index >= 15 is 0 Å². The third-order valence-electron chi connectivity index (χ3n) is 4.16. The number of aliphatic hydroxyl groups is 1. The van der Waals surface area contributed by atoms with Crippen LogP contribution in [0.2, 0.25) is 0 Å². The molecule has 0 aliphatic carbocycles. The molecule has 2 unspecified atom stereocenters. The fourth-order valence-corrected chi connectivity index (χ4v) is 3.44. The van der Waals surface area contributed by atoms with E-state index in [-0.39, 0.29) is 17.3 Å². The van der Waals surface area contributed by atoms with Gasteiger partial charge in [0, 0.05) is 5.92 Å². The zero-order valence-electron chi connectivity index (χ0n) is 12.3. The van der Waals surface area contributed by atoms with E-state index in [0.717, 1.165) is 6.42 Å². The van der Waals surface area contributed by atoms with Gasteiger partial charge in [-0.1, -0.05) is 12.1 Å². The molecule has 2 rings (SSSR count). The first-order valence-electron chi connectivity index (χ1n) is 6.73. The highest BCUT2D eigenvalue weighted by atomic mass is 19.1. The van der Waals surface area contributed by atoms with Crippen molar-refractivity contribution in [2.24, 2.45) is 5.92 Å². The molecule has 1 N–H and O–H groups in total. The summed E-state index contributed by atoms with van der Waals surface area (Å²) in [6.07, 6.45) is 0.740. The number of hydrogen-bond donors (Lipinski definition) is 1. The van der Waals surface area contributed by atoms with E-state index < -0.39 is 11.2 Å². The predicted octanol–water partition coefficient (Wildman–Crippen LogP) is 3.63. The molecule has 0 bridgehead atoms. The molecule has 1 saturated heterocycles. The average Bonchev–Trinajstić information content (AvgIpc) is 2.47. The van der Waals surface area contributed by atoms with Gasteiger partial charge in [0.1, 0.15) is 5.82 Å². The van der Waals surface area contributed by atoms with Crippen molar-refractivity contribution in [2.45, 2.75) is 57.8 Å². The molecule has 1 aromatic carbocycles. The van der Waals surface area contributed by atoms with E-state index in [1.165, 1.54) is 12.1 Å². The Balaban J connectivity index is 2.39. The molecule has 106 valence electrons. The summed E-state index contributed by atoms with van der Waals surface area (Å²) in [5, 5.41) is 10.9. The minimum atomic E-state index is -1.11. The molecule has 2 atom stereocenters. The van der Waals surface area contributed by atoms with Crippen molar-refractivity contribution in [3.63, 3.8) is 0 Å². The fourth-order valence-electron chi connectivity index (χ4n) is 3.44. The minimum absolute atomic E-state index is 0.0863. The normalized spacial score (nSPS) is 28.1. The summed E-state index contributed by atoms with van der Waals surface area (Å²) < 4.78 is 19.4. The highest BCUT2D eigenvalue weighted by Gasteiger charge is 2.53. The van der Waals surface area contributed by atoms with Crippen LogP contribution in [0.15, 0.2) is 24.3 Å². The lowest BCUT2D eigenvalue weighted by molar-refractivity contribution is -0.111. The first kappa shape index (κ1) is 14.5. The quantitative estimate of drug-likeness (QED) is 0.885. The molecule has 1 fully saturated rings. The van der Waals surface area contributed by atoms with E-state index in [9.17, 15) is 9.50 Å². The summed E-state index contributed by atoms with van der Waals surface area (Å²) in [7, 11) is 0. The van der Waals surface area contributed by atoms with Gasteiger partial charge in [-0.25, -0.2) is 4.39 Å². The molecular weight excluding hydrogens is 243 g/mol. The maximum absolute atomic E-state index is 13.4. The van der Waals surface area contributed by atoms with Gasteiger partial charge in [-0.3, -0.25) is 0 Å². The van der Waals surface area contributed by atoms with Crippen LogP contribution in [0.1, 0.15) is 46.6 Å². The lowest BCUT2D eigenvalue weighted by atomic mass is 9.72. The largest absolute Gasteiger partial charge is 0.385 e. The molecule has 3 heteroatoms. The standard InChI is InChI=1S/C16H23FO2/c1-14(2)10-13(15(3,4)19-14)16(5,18)11-7-6-8-12(17)9-11/h6-9,13,18H,10H2,1-5H3. The second-order valence-electron chi connectivity index (χ2n) is 6.88. The van der Waals surface area contributed by atoms with Crippen molar-refractivity contribution >= 4 is 0 Å². The highest BCUT2D eigenvalue weighted by Crippen LogP contribution is 2.50. The Morgan fingerprint density at radius 1 is 1.32 bits per heavy atom. The molecule has 0 amide bonds. The number of rotatable bonds is 2. The number of halogens is 1. The van der Waals surface area contributed by atoms with E-state index in [4.69, 9.17) is 4.74 Å². The van der Waals surface area contributed by atoms with Crippen LogP contribution in [0.5, 0.6) is 0 Å². The van der Waals surface area contributed by atoms with Crippen LogP contribution in [-0.2, 0) is 10.3 Å². The Morgan fingerprint density at radius 3 is 2.42 bits per heavy atom.